The van der Waals surface area contributed by atoms with Gasteiger partial charge in [0.1, 0.15) is 0 Å². The molecule has 1 aliphatic heterocycles. The van der Waals surface area contributed by atoms with Crippen molar-refractivity contribution in [2.24, 2.45) is 5.92 Å². The van der Waals surface area contributed by atoms with Crippen molar-refractivity contribution in [2.75, 3.05) is 19.7 Å². The van der Waals surface area contributed by atoms with Crippen molar-refractivity contribution in [3.63, 3.8) is 0 Å². The molecule has 0 aliphatic carbocycles. The predicted molar refractivity (Wildman–Crippen MR) is 55.9 cm³/mol. The molecule has 1 rings (SSSR count). The number of rotatable bonds is 3. The van der Waals surface area contributed by atoms with Crippen LogP contribution in [0.2, 0.25) is 0 Å². The van der Waals surface area contributed by atoms with E-state index in [1.165, 1.54) is 6.42 Å². The van der Waals surface area contributed by atoms with E-state index in [1.807, 2.05) is 4.90 Å². The Labute approximate surface area is 86.1 Å². The van der Waals surface area contributed by atoms with Crippen molar-refractivity contribution in [3.05, 3.63) is 0 Å². The molecule has 1 amide bonds. The van der Waals surface area contributed by atoms with Gasteiger partial charge in [-0.05, 0) is 31.6 Å². The quantitative estimate of drug-likeness (QED) is 0.746. The molecule has 1 saturated heterocycles. The van der Waals surface area contributed by atoms with E-state index < -0.39 is 0 Å². The van der Waals surface area contributed by atoms with E-state index in [0.29, 0.717) is 12.8 Å². The Morgan fingerprint density at radius 2 is 2.21 bits per heavy atom. The Morgan fingerprint density at radius 1 is 1.43 bits per heavy atom. The molecule has 0 aromatic heterocycles. The highest BCUT2D eigenvalue weighted by molar-refractivity contribution is 5.76. The lowest BCUT2D eigenvalue weighted by Crippen LogP contribution is -2.31. The van der Waals surface area contributed by atoms with Gasteiger partial charge in [-0.2, -0.15) is 0 Å². The van der Waals surface area contributed by atoms with Crippen LogP contribution in [0.3, 0.4) is 0 Å². The van der Waals surface area contributed by atoms with E-state index >= 15 is 0 Å². The van der Waals surface area contributed by atoms with E-state index in [0.717, 1.165) is 31.8 Å². The molecule has 0 aromatic rings. The highest BCUT2D eigenvalue weighted by atomic mass is 16.3. The summed E-state index contributed by atoms with van der Waals surface area (Å²) < 4.78 is 0. The van der Waals surface area contributed by atoms with E-state index in [4.69, 9.17) is 5.11 Å². The van der Waals surface area contributed by atoms with Gasteiger partial charge in [-0.1, -0.05) is 6.92 Å². The number of carbonyl (C=O) groups excluding carboxylic acids is 1. The normalized spacial score (nSPS) is 23.3. The molecule has 82 valence electrons. The molecule has 1 unspecified atom stereocenters. The SMILES string of the molecule is CC1CCCN(C(=O)CCCO)CC1. The average molecular weight is 199 g/mol. The zero-order chi connectivity index (χ0) is 10.4. The number of carbonyl (C=O) groups is 1. The average Bonchev–Trinajstić information content (AvgIpc) is 2.39. The Hall–Kier alpha value is -0.570. The van der Waals surface area contributed by atoms with Crippen LogP contribution in [0.4, 0.5) is 0 Å². The lowest BCUT2D eigenvalue weighted by molar-refractivity contribution is -0.131. The first-order valence-electron chi connectivity index (χ1n) is 5.62. The van der Waals surface area contributed by atoms with Gasteiger partial charge in [0, 0.05) is 26.1 Å². The second kappa shape index (κ2) is 6.02. The summed E-state index contributed by atoms with van der Waals surface area (Å²) in [5.74, 6) is 0.971. The smallest absolute Gasteiger partial charge is 0.222 e. The molecule has 1 heterocycles. The van der Waals surface area contributed by atoms with Crippen LogP contribution in [0.5, 0.6) is 0 Å². The molecule has 0 spiro atoms. The number of nitrogens with zero attached hydrogens (tertiary/aromatic N) is 1. The highest BCUT2D eigenvalue weighted by Crippen LogP contribution is 2.17. The van der Waals surface area contributed by atoms with Crippen molar-refractivity contribution >= 4 is 5.91 Å². The third-order valence-electron chi connectivity index (χ3n) is 2.92. The second-order valence-corrected chi connectivity index (χ2v) is 4.24. The standard InChI is InChI=1S/C11H21NO2/c1-10-4-2-7-12(8-6-10)11(14)5-3-9-13/h10,13H,2-9H2,1H3. The van der Waals surface area contributed by atoms with Crippen LogP contribution in [0.1, 0.15) is 39.0 Å². The molecule has 0 bridgehead atoms. The van der Waals surface area contributed by atoms with Crippen molar-refractivity contribution in [1.29, 1.82) is 0 Å². The monoisotopic (exact) mass is 199 g/mol. The number of likely N-dealkylation sites (tertiary alicyclic amines) is 1. The van der Waals surface area contributed by atoms with Gasteiger partial charge in [0.25, 0.3) is 0 Å². The molecule has 1 fully saturated rings. The maximum Gasteiger partial charge on any atom is 0.222 e. The van der Waals surface area contributed by atoms with Gasteiger partial charge in [-0.25, -0.2) is 0 Å². The third kappa shape index (κ3) is 3.66. The maximum atomic E-state index is 11.6. The van der Waals surface area contributed by atoms with E-state index in [2.05, 4.69) is 6.92 Å². The third-order valence-corrected chi connectivity index (χ3v) is 2.92. The molecule has 0 saturated carbocycles. The summed E-state index contributed by atoms with van der Waals surface area (Å²) in [4.78, 5) is 13.6. The zero-order valence-electron chi connectivity index (χ0n) is 9.04. The van der Waals surface area contributed by atoms with Crippen LogP contribution in [-0.2, 0) is 4.79 Å². The molecular weight excluding hydrogens is 178 g/mol. The minimum Gasteiger partial charge on any atom is -0.396 e. The molecule has 1 aliphatic rings. The number of hydrogen-bond acceptors (Lipinski definition) is 2. The Kier molecular flexibility index (Phi) is 4.94. The first-order valence-corrected chi connectivity index (χ1v) is 5.62. The van der Waals surface area contributed by atoms with Crippen LogP contribution in [0.15, 0.2) is 0 Å². The van der Waals surface area contributed by atoms with Crippen LogP contribution >= 0.6 is 0 Å². The summed E-state index contributed by atoms with van der Waals surface area (Å²) in [7, 11) is 0. The van der Waals surface area contributed by atoms with Crippen molar-refractivity contribution in [1.82, 2.24) is 4.90 Å². The lowest BCUT2D eigenvalue weighted by Gasteiger charge is -2.20. The number of aliphatic hydroxyl groups excluding tert-OH is 1. The predicted octanol–water partition coefficient (Wildman–Crippen LogP) is 1.41. The van der Waals surface area contributed by atoms with Crippen LogP contribution in [0.25, 0.3) is 0 Å². The minimum atomic E-state index is 0.121. The second-order valence-electron chi connectivity index (χ2n) is 4.24. The summed E-state index contributed by atoms with van der Waals surface area (Å²) in [5.41, 5.74) is 0. The number of aliphatic hydroxyl groups is 1. The van der Waals surface area contributed by atoms with E-state index in [1.54, 1.807) is 0 Å². The first kappa shape index (κ1) is 11.5. The van der Waals surface area contributed by atoms with Gasteiger partial charge in [0.05, 0.1) is 0 Å². The number of hydrogen-bond donors (Lipinski definition) is 1. The van der Waals surface area contributed by atoms with Crippen molar-refractivity contribution in [2.45, 2.75) is 39.0 Å². The fourth-order valence-corrected chi connectivity index (χ4v) is 1.90. The Bertz CT molecular complexity index is 182. The largest absolute Gasteiger partial charge is 0.396 e. The lowest BCUT2D eigenvalue weighted by atomic mass is 10.0. The summed E-state index contributed by atoms with van der Waals surface area (Å²) in [5, 5.41) is 8.64. The zero-order valence-corrected chi connectivity index (χ0v) is 9.04. The molecule has 3 heteroatoms. The molecule has 0 radical (unpaired) electrons. The van der Waals surface area contributed by atoms with Crippen LogP contribution in [-0.4, -0.2) is 35.6 Å². The molecule has 1 atom stereocenters. The minimum absolute atomic E-state index is 0.121. The molecule has 0 aromatic carbocycles. The molecule has 1 N–H and O–H groups in total. The Morgan fingerprint density at radius 3 is 2.93 bits per heavy atom. The summed E-state index contributed by atoms with van der Waals surface area (Å²) in [6, 6.07) is 0. The molecular formula is C11H21NO2. The van der Waals surface area contributed by atoms with Gasteiger partial charge < -0.3 is 10.0 Å². The van der Waals surface area contributed by atoms with Crippen LogP contribution < -0.4 is 0 Å². The van der Waals surface area contributed by atoms with Gasteiger partial charge in [0.15, 0.2) is 0 Å². The first-order chi connectivity index (χ1) is 6.74. The van der Waals surface area contributed by atoms with Gasteiger partial charge in [-0.3, -0.25) is 4.79 Å². The number of amides is 1. The summed E-state index contributed by atoms with van der Waals surface area (Å²) >= 11 is 0. The fourth-order valence-electron chi connectivity index (χ4n) is 1.90. The van der Waals surface area contributed by atoms with Gasteiger partial charge in [-0.15, -0.1) is 0 Å². The Balaban J connectivity index is 2.31. The molecule has 14 heavy (non-hydrogen) atoms. The topological polar surface area (TPSA) is 40.5 Å². The maximum absolute atomic E-state index is 11.6. The van der Waals surface area contributed by atoms with Gasteiger partial charge in [0.2, 0.25) is 5.91 Å². The van der Waals surface area contributed by atoms with E-state index in [9.17, 15) is 4.79 Å². The summed E-state index contributed by atoms with van der Waals surface area (Å²) in [6.45, 7) is 4.19. The van der Waals surface area contributed by atoms with E-state index in [-0.39, 0.29) is 12.5 Å². The van der Waals surface area contributed by atoms with Crippen molar-refractivity contribution in [3.8, 4) is 0 Å². The molecule has 3 nitrogen and oxygen atoms in total. The highest BCUT2D eigenvalue weighted by Gasteiger charge is 2.17. The van der Waals surface area contributed by atoms with Gasteiger partial charge >= 0.3 is 0 Å². The summed E-state index contributed by atoms with van der Waals surface area (Å²) in [6.07, 6.45) is 4.61. The van der Waals surface area contributed by atoms with Crippen molar-refractivity contribution < 1.29 is 9.90 Å². The van der Waals surface area contributed by atoms with Crippen LogP contribution in [0, 0.1) is 5.92 Å². The fraction of sp³-hybridized carbons (Fsp3) is 0.909.